The molecule has 0 bridgehead atoms. The molecule has 1 aromatic carbocycles. The number of hydrazone groups is 1. The molecule has 1 aliphatic rings. The van der Waals surface area contributed by atoms with Crippen molar-refractivity contribution in [1.29, 1.82) is 0 Å². The molecule has 0 amide bonds. The van der Waals surface area contributed by atoms with Crippen molar-refractivity contribution in [2.45, 2.75) is 36.9 Å². The maximum atomic E-state index is 13.3. The van der Waals surface area contributed by atoms with Crippen LogP contribution in [0.25, 0.3) is 11.2 Å². The van der Waals surface area contributed by atoms with Gasteiger partial charge in [-0.1, -0.05) is 6.07 Å². The molecule has 4 rings (SSSR count). The summed E-state index contributed by atoms with van der Waals surface area (Å²) < 4.78 is 85.0. The van der Waals surface area contributed by atoms with Gasteiger partial charge in [0.1, 0.15) is 24.6 Å². The predicted molar refractivity (Wildman–Crippen MR) is 106 cm³/mol. The average Bonchev–Trinajstić information content (AvgIpc) is 3.34. The summed E-state index contributed by atoms with van der Waals surface area (Å²) in [6.45, 7) is -0.554. The van der Waals surface area contributed by atoms with E-state index in [4.69, 9.17) is 4.74 Å². The van der Waals surface area contributed by atoms with Crippen LogP contribution in [0.2, 0.25) is 0 Å². The van der Waals surface area contributed by atoms with Crippen molar-refractivity contribution in [2.24, 2.45) is 5.10 Å². The van der Waals surface area contributed by atoms with Crippen molar-refractivity contribution in [2.75, 3.05) is 12.0 Å². The lowest BCUT2D eigenvalue weighted by Gasteiger charge is -2.16. The molecule has 4 atom stereocenters. The molecule has 1 fully saturated rings. The summed E-state index contributed by atoms with van der Waals surface area (Å²) in [6.07, 6.45) is -12.1. The van der Waals surface area contributed by atoms with E-state index in [9.17, 15) is 41.7 Å². The Morgan fingerprint density at radius 2 is 1.80 bits per heavy atom. The van der Waals surface area contributed by atoms with Crippen LogP contribution in [0.3, 0.4) is 0 Å². The molecule has 3 aromatic rings. The number of aliphatic hydroxyl groups excluding tert-OH is 3. The van der Waals surface area contributed by atoms with E-state index in [1.165, 1.54) is 10.9 Å². The van der Waals surface area contributed by atoms with Crippen LogP contribution in [0.1, 0.15) is 22.9 Å². The number of halogens is 6. The molecular weight excluding hydrogens is 490 g/mol. The van der Waals surface area contributed by atoms with Crippen LogP contribution in [0, 0.1) is 0 Å². The second-order valence-corrected chi connectivity index (χ2v) is 7.44. The number of anilines is 1. The van der Waals surface area contributed by atoms with Gasteiger partial charge in [0.15, 0.2) is 23.2 Å². The van der Waals surface area contributed by atoms with Gasteiger partial charge in [-0.2, -0.15) is 31.4 Å². The lowest BCUT2D eigenvalue weighted by Crippen LogP contribution is -2.33. The smallest absolute Gasteiger partial charge is 0.394 e. The largest absolute Gasteiger partial charge is 0.417 e. The number of aromatic nitrogens is 4. The van der Waals surface area contributed by atoms with Gasteiger partial charge >= 0.3 is 12.4 Å². The topological polar surface area (TPSA) is 138 Å². The van der Waals surface area contributed by atoms with Crippen LogP contribution in [0.15, 0.2) is 36.0 Å². The highest BCUT2D eigenvalue weighted by molar-refractivity contribution is 5.85. The minimum Gasteiger partial charge on any atom is -0.394 e. The van der Waals surface area contributed by atoms with Crippen molar-refractivity contribution >= 4 is 23.2 Å². The number of alkyl halides is 6. The molecule has 10 nitrogen and oxygen atoms in total. The van der Waals surface area contributed by atoms with Gasteiger partial charge in [0.2, 0.25) is 0 Å². The van der Waals surface area contributed by atoms with Crippen molar-refractivity contribution in [3.63, 3.8) is 0 Å². The minimum absolute atomic E-state index is 0.00705. The first-order valence-electron chi connectivity index (χ1n) is 9.79. The van der Waals surface area contributed by atoms with E-state index in [1.54, 1.807) is 0 Å². The Kier molecular flexibility index (Phi) is 6.39. The van der Waals surface area contributed by atoms with Gasteiger partial charge in [-0.05, 0) is 12.1 Å². The monoisotopic (exact) mass is 506 g/mol. The third-order valence-electron chi connectivity index (χ3n) is 5.21. The first kappa shape index (κ1) is 24.8. The molecule has 4 N–H and O–H groups in total. The molecule has 16 heteroatoms. The third-order valence-corrected chi connectivity index (χ3v) is 5.21. The number of aliphatic hydroxyl groups is 3. The van der Waals surface area contributed by atoms with Crippen LogP contribution in [-0.2, 0) is 17.1 Å². The fourth-order valence-electron chi connectivity index (χ4n) is 3.48. The van der Waals surface area contributed by atoms with Crippen LogP contribution >= 0.6 is 0 Å². The zero-order valence-corrected chi connectivity index (χ0v) is 17.2. The number of ether oxygens (including phenoxy) is 1. The summed E-state index contributed by atoms with van der Waals surface area (Å²) in [5.74, 6) is -0.0720. The standard InChI is InChI=1S/C19H16F6N6O4/c20-18(21,22)9-2-1-8(10(3-9)19(23,24)25)4-29-30-15-12-16(27-6-26-15)31(7-28-12)17-14(34)13(33)11(5-32)35-17/h1-4,6-7,11,13-14,17,32-34H,5H2,(H,26,27,30)/b29-4+/t11-,13-,14-,17-/m1/s1. The number of imidazole rings is 1. The van der Waals surface area contributed by atoms with Crippen LogP contribution in [0.4, 0.5) is 32.2 Å². The quantitative estimate of drug-likeness (QED) is 0.234. The first-order valence-corrected chi connectivity index (χ1v) is 9.79. The Bertz CT molecular complexity index is 1250. The first-order chi connectivity index (χ1) is 16.4. The van der Waals surface area contributed by atoms with Crippen LogP contribution < -0.4 is 5.43 Å². The maximum Gasteiger partial charge on any atom is 0.417 e. The maximum absolute atomic E-state index is 13.3. The van der Waals surface area contributed by atoms with E-state index in [1.807, 2.05) is 0 Å². The van der Waals surface area contributed by atoms with Gasteiger partial charge in [-0.25, -0.2) is 15.0 Å². The van der Waals surface area contributed by atoms with E-state index in [0.29, 0.717) is 18.3 Å². The van der Waals surface area contributed by atoms with E-state index >= 15 is 0 Å². The molecule has 3 heterocycles. The number of hydrogen-bond donors (Lipinski definition) is 4. The second-order valence-electron chi connectivity index (χ2n) is 7.44. The Morgan fingerprint density at radius 1 is 1.06 bits per heavy atom. The molecule has 0 spiro atoms. The van der Waals surface area contributed by atoms with Crippen LogP contribution in [-0.4, -0.2) is 66.0 Å². The SMILES string of the molecule is OC[C@H]1O[C@@H](n2cnc3c(N/N=C/c4ccc(C(F)(F)F)cc4C(F)(F)F)ncnc32)[C@H](O)[C@@H]1O. The Morgan fingerprint density at radius 3 is 2.43 bits per heavy atom. The van der Waals surface area contributed by atoms with Crippen molar-refractivity contribution in [1.82, 2.24) is 19.5 Å². The fraction of sp³-hybridized carbons (Fsp3) is 0.368. The predicted octanol–water partition coefficient (Wildman–Crippen LogP) is 1.92. The molecule has 2 aromatic heterocycles. The average molecular weight is 506 g/mol. The molecule has 0 saturated carbocycles. The number of rotatable bonds is 5. The summed E-state index contributed by atoms with van der Waals surface area (Å²) in [5, 5.41) is 33.0. The molecule has 188 valence electrons. The minimum atomic E-state index is -5.07. The Labute approximate surface area is 191 Å². The highest BCUT2D eigenvalue weighted by Crippen LogP contribution is 2.37. The number of nitrogens with zero attached hydrogens (tertiary/aromatic N) is 5. The highest BCUT2D eigenvalue weighted by Gasteiger charge is 2.44. The number of hydrogen-bond acceptors (Lipinski definition) is 9. The zero-order valence-electron chi connectivity index (χ0n) is 17.2. The third kappa shape index (κ3) is 4.77. The fourth-order valence-corrected chi connectivity index (χ4v) is 3.48. The second kappa shape index (κ2) is 9.03. The molecular formula is C19H16F6N6O4. The van der Waals surface area contributed by atoms with Gasteiger partial charge in [0, 0.05) is 5.56 Å². The van der Waals surface area contributed by atoms with Crippen LogP contribution in [0.5, 0.6) is 0 Å². The Hall–Kier alpha value is -3.34. The van der Waals surface area contributed by atoms with E-state index < -0.39 is 60.2 Å². The van der Waals surface area contributed by atoms with Crippen molar-refractivity contribution in [3.05, 3.63) is 47.5 Å². The molecule has 0 aliphatic carbocycles. The lowest BCUT2D eigenvalue weighted by molar-refractivity contribution is -0.143. The molecule has 0 unspecified atom stereocenters. The number of nitrogens with one attached hydrogen (secondary N) is 1. The van der Waals surface area contributed by atoms with Gasteiger partial charge in [0.25, 0.3) is 0 Å². The van der Waals surface area contributed by atoms with Gasteiger partial charge in [-0.15, -0.1) is 0 Å². The van der Waals surface area contributed by atoms with E-state index in [2.05, 4.69) is 25.5 Å². The van der Waals surface area contributed by atoms with E-state index in [0.717, 1.165) is 6.33 Å². The molecule has 1 aliphatic heterocycles. The lowest BCUT2D eigenvalue weighted by atomic mass is 10.0. The normalized spacial score (nSPS) is 23.5. The Balaban J connectivity index is 1.61. The zero-order chi connectivity index (χ0) is 25.5. The van der Waals surface area contributed by atoms with Gasteiger partial charge in [0.05, 0.1) is 30.3 Å². The molecule has 35 heavy (non-hydrogen) atoms. The highest BCUT2D eigenvalue weighted by atomic mass is 19.4. The number of fused-ring (bicyclic) bond motifs is 1. The van der Waals surface area contributed by atoms with Gasteiger partial charge in [-0.3, -0.25) is 9.99 Å². The summed E-state index contributed by atoms with van der Waals surface area (Å²) in [4.78, 5) is 12.0. The summed E-state index contributed by atoms with van der Waals surface area (Å²) >= 11 is 0. The summed E-state index contributed by atoms with van der Waals surface area (Å²) in [6, 6.07) is 1.14. The summed E-state index contributed by atoms with van der Waals surface area (Å²) in [5.41, 5.74) is -1.09. The van der Waals surface area contributed by atoms with E-state index in [-0.39, 0.29) is 23.0 Å². The van der Waals surface area contributed by atoms with Gasteiger partial charge < -0.3 is 20.1 Å². The summed E-state index contributed by atoms with van der Waals surface area (Å²) in [7, 11) is 0. The molecule has 0 radical (unpaired) electrons. The van der Waals surface area contributed by atoms with Crippen molar-refractivity contribution in [3.8, 4) is 0 Å². The number of benzene rings is 1. The van der Waals surface area contributed by atoms with Crippen molar-refractivity contribution < 1.29 is 46.4 Å². The molecule has 1 saturated heterocycles.